The summed E-state index contributed by atoms with van der Waals surface area (Å²) >= 11 is 0. The molecule has 110 valence electrons. The molecule has 0 heterocycles. The molecule has 0 unspecified atom stereocenters. The Kier molecular flexibility index (Phi) is 4.60. The summed E-state index contributed by atoms with van der Waals surface area (Å²) in [6.45, 7) is 4.07. The fraction of sp³-hybridized carbons (Fsp3) is 0.235. The lowest BCUT2D eigenvalue weighted by molar-refractivity contribution is -0.115. The van der Waals surface area contributed by atoms with E-state index in [1.54, 1.807) is 19.1 Å². The standard InChI is InChI=1S/C17H20N2O2/c1-11-8-16(20)12(2)7-15(11)19-17(21)9-13-5-3-4-6-14(13)10-18/h3-8,20H,9-10,18H2,1-2H3,(H,19,21). The summed E-state index contributed by atoms with van der Waals surface area (Å²) < 4.78 is 0. The minimum absolute atomic E-state index is 0.0934. The minimum atomic E-state index is -0.0934. The fourth-order valence-corrected chi connectivity index (χ4v) is 2.23. The predicted molar refractivity (Wildman–Crippen MR) is 84.2 cm³/mol. The molecule has 4 nitrogen and oxygen atoms in total. The smallest absolute Gasteiger partial charge is 0.228 e. The number of phenols is 1. The highest BCUT2D eigenvalue weighted by molar-refractivity contribution is 5.93. The summed E-state index contributed by atoms with van der Waals surface area (Å²) in [4.78, 5) is 12.2. The van der Waals surface area contributed by atoms with E-state index in [1.165, 1.54) is 0 Å². The second-order valence-corrected chi connectivity index (χ2v) is 5.15. The summed E-state index contributed by atoms with van der Waals surface area (Å²) in [6.07, 6.45) is 0.284. The third-order valence-electron chi connectivity index (χ3n) is 3.51. The molecule has 0 aromatic heterocycles. The number of amides is 1. The Morgan fingerprint density at radius 3 is 2.48 bits per heavy atom. The van der Waals surface area contributed by atoms with Crippen molar-refractivity contribution in [3.05, 3.63) is 58.7 Å². The molecule has 0 aliphatic carbocycles. The van der Waals surface area contributed by atoms with Gasteiger partial charge in [0.1, 0.15) is 5.75 Å². The van der Waals surface area contributed by atoms with Crippen LogP contribution < -0.4 is 11.1 Å². The Morgan fingerprint density at radius 1 is 1.14 bits per heavy atom. The summed E-state index contributed by atoms with van der Waals surface area (Å²) in [5.41, 5.74) is 9.88. The van der Waals surface area contributed by atoms with E-state index in [4.69, 9.17) is 5.73 Å². The monoisotopic (exact) mass is 284 g/mol. The quantitative estimate of drug-likeness (QED) is 0.755. The predicted octanol–water partition coefficient (Wildman–Crippen LogP) is 2.65. The topological polar surface area (TPSA) is 75.4 Å². The number of aryl methyl sites for hydroxylation is 2. The molecule has 0 aliphatic heterocycles. The largest absolute Gasteiger partial charge is 0.508 e. The summed E-state index contributed by atoms with van der Waals surface area (Å²) in [5, 5.41) is 12.5. The van der Waals surface area contributed by atoms with Crippen LogP contribution in [0.4, 0.5) is 5.69 Å². The highest BCUT2D eigenvalue weighted by Crippen LogP contribution is 2.25. The second kappa shape index (κ2) is 6.41. The van der Waals surface area contributed by atoms with Gasteiger partial charge < -0.3 is 16.2 Å². The third kappa shape index (κ3) is 3.61. The SMILES string of the molecule is Cc1cc(NC(=O)Cc2ccccc2CN)c(C)cc1O. The number of nitrogens with two attached hydrogens (primary N) is 1. The van der Waals surface area contributed by atoms with Crippen molar-refractivity contribution in [3.8, 4) is 5.75 Å². The minimum Gasteiger partial charge on any atom is -0.508 e. The molecule has 0 bridgehead atoms. The number of benzene rings is 2. The van der Waals surface area contributed by atoms with Gasteiger partial charge in [0.25, 0.3) is 0 Å². The van der Waals surface area contributed by atoms with E-state index in [9.17, 15) is 9.90 Å². The van der Waals surface area contributed by atoms with Gasteiger partial charge in [-0.2, -0.15) is 0 Å². The van der Waals surface area contributed by atoms with Gasteiger partial charge in [0.05, 0.1) is 6.42 Å². The molecule has 21 heavy (non-hydrogen) atoms. The van der Waals surface area contributed by atoms with Crippen LogP contribution in [-0.4, -0.2) is 11.0 Å². The van der Waals surface area contributed by atoms with Gasteiger partial charge in [-0.1, -0.05) is 24.3 Å². The Labute approximate surface area is 124 Å². The fourth-order valence-electron chi connectivity index (χ4n) is 2.23. The van der Waals surface area contributed by atoms with Crippen LogP contribution in [0, 0.1) is 13.8 Å². The van der Waals surface area contributed by atoms with E-state index < -0.39 is 0 Å². The van der Waals surface area contributed by atoms with E-state index >= 15 is 0 Å². The molecule has 4 heteroatoms. The highest BCUT2D eigenvalue weighted by Gasteiger charge is 2.10. The van der Waals surface area contributed by atoms with Gasteiger partial charge >= 0.3 is 0 Å². The lowest BCUT2D eigenvalue weighted by Gasteiger charge is -2.12. The number of anilines is 1. The summed E-state index contributed by atoms with van der Waals surface area (Å²) in [5.74, 6) is 0.142. The van der Waals surface area contributed by atoms with Crippen LogP contribution >= 0.6 is 0 Å². The first kappa shape index (κ1) is 15.1. The van der Waals surface area contributed by atoms with Gasteiger partial charge in [-0.05, 0) is 48.2 Å². The van der Waals surface area contributed by atoms with Gasteiger partial charge in [0.2, 0.25) is 5.91 Å². The summed E-state index contributed by atoms with van der Waals surface area (Å²) in [7, 11) is 0. The molecule has 0 atom stereocenters. The van der Waals surface area contributed by atoms with E-state index in [-0.39, 0.29) is 18.1 Å². The molecule has 2 aromatic carbocycles. The van der Waals surface area contributed by atoms with Gasteiger partial charge in [-0.15, -0.1) is 0 Å². The average molecular weight is 284 g/mol. The zero-order valence-corrected chi connectivity index (χ0v) is 12.3. The van der Waals surface area contributed by atoms with Crippen LogP contribution in [0.1, 0.15) is 22.3 Å². The number of aromatic hydroxyl groups is 1. The second-order valence-electron chi connectivity index (χ2n) is 5.15. The Morgan fingerprint density at radius 2 is 1.81 bits per heavy atom. The first-order chi connectivity index (χ1) is 10.0. The molecular formula is C17H20N2O2. The average Bonchev–Trinajstić information content (AvgIpc) is 2.45. The molecule has 0 fully saturated rings. The maximum atomic E-state index is 12.2. The molecule has 0 radical (unpaired) electrons. The van der Waals surface area contributed by atoms with Crippen molar-refractivity contribution in [2.24, 2.45) is 5.73 Å². The number of carbonyl (C=O) groups excluding carboxylic acids is 1. The van der Waals surface area contributed by atoms with Crippen LogP contribution in [0.25, 0.3) is 0 Å². The third-order valence-corrected chi connectivity index (χ3v) is 3.51. The summed E-state index contributed by atoms with van der Waals surface area (Å²) in [6, 6.07) is 11.1. The molecule has 0 aliphatic rings. The van der Waals surface area contributed by atoms with Gasteiger partial charge in [-0.3, -0.25) is 4.79 Å². The van der Waals surface area contributed by atoms with Crippen molar-refractivity contribution in [1.29, 1.82) is 0 Å². The Balaban J connectivity index is 2.14. The maximum absolute atomic E-state index is 12.2. The first-order valence-electron chi connectivity index (χ1n) is 6.88. The van der Waals surface area contributed by atoms with Gasteiger partial charge in [0, 0.05) is 12.2 Å². The first-order valence-corrected chi connectivity index (χ1v) is 6.88. The van der Waals surface area contributed by atoms with Crippen molar-refractivity contribution in [2.45, 2.75) is 26.8 Å². The zero-order chi connectivity index (χ0) is 15.4. The number of hydrogen-bond donors (Lipinski definition) is 3. The van der Waals surface area contributed by atoms with Crippen LogP contribution in [0.5, 0.6) is 5.75 Å². The van der Waals surface area contributed by atoms with Crippen LogP contribution in [0.15, 0.2) is 36.4 Å². The Hall–Kier alpha value is -2.33. The molecule has 0 saturated carbocycles. The molecular weight excluding hydrogens is 264 g/mol. The van der Waals surface area contributed by atoms with Crippen LogP contribution in [-0.2, 0) is 17.8 Å². The van der Waals surface area contributed by atoms with Gasteiger partial charge in [0.15, 0.2) is 0 Å². The zero-order valence-electron chi connectivity index (χ0n) is 12.3. The lowest BCUT2D eigenvalue weighted by Crippen LogP contribution is -2.16. The van der Waals surface area contributed by atoms with Crippen LogP contribution in [0.3, 0.4) is 0 Å². The lowest BCUT2D eigenvalue weighted by atomic mass is 10.0. The number of hydrogen-bond acceptors (Lipinski definition) is 3. The number of phenolic OH excluding ortho intramolecular Hbond substituents is 1. The van der Waals surface area contributed by atoms with Crippen molar-refractivity contribution >= 4 is 11.6 Å². The van der Waals surface area contributed by atoms with E-state index in [0.29, 0.717) is 6.54 Å². The maximum Gasteiger partial charge on any atom is 0.228 e. The Bertz CT molecular complexity index is 666. The number of carbonyl (C=O) groups is 1. The number of nitrogens with one attached hydrogen (secondary N) is 1. The van der Waals surface area contributed by atoms with E-state index in [2.05, 4.69) is 5.32 Å². The van der Waals surface area contributed by atoms with E-state index in [0.717, 1.165) is 27.9 Å². The molecule has 0 saturated heterocycles. The van der Waals surface area contributed by atoms with Gasteiger partial charge in [-0.25, -0.2) is 0 Å². The highest BCUT2D eigenvalue weighted by atomic mass is 16.3. The van der Waals surface area contributed by atoms with Crippen LogP contribution in [0.2, 0.25) is 0 Å². The normalized spacial score (nSPS) is 10.4. The van der Waals surface area contributed by atoms with Crippen molar-refractivity contribution < 1.29 is 9.90 Å². The molecule has 4 N–H and O–H groups in total. The van der Waals surface area contributed by atoms with Crippen molar-refractivity contribution in [3.63, 3.8) is 0 Å². The molecule has 1 amide bonds. The van der Waals surface area contributed by atoms with Crippen molar-refractivity contribution in [2.75, 3.05) is 5.32 Å². The molecule has 0 spiro atoms. The van der Waals surface area contributed by atoms with Crippen molar-refractivity contribution in [1.82, 2.24) is 0 Å². The molecule has 2 aromatic rings. The van der Waals surface area contributed by atoms with E-state index in [1.807, 2.05) is 31.2 Å². The number of rotatable bonds is 4. The molecule has 2 rings (SSSR count).